The molecule has 1 fully saturated rings. The van der Waals surface area contributed by atoms with Crippen LogP contribution in [0.15, 0.2) is 18.2 Å². The minimum absolute atomic E-state index is 0.0460. The molecule has 6 nitrogen and oxygen atoms in total. The number of carboxylic acid groups (broad SMARTS) is 1. The van der Waals surface area contributed by atoms with Gasteiger partial charge in [-0.05, 0) is 12.1 Å². The second kappa shape index (κ2) is 5.23. The second-order valence-electron chi connectivity index (χ2n) is 4.83. The number of nitro benzene ring substituents is 1. The fourth-order valence-electron chi connectivity index (χ4n) is 2.26. The zero-order valence-electron chi connectivity index (χ0n) is 10.6. The van der Waals surface area contributed by atoms with E-state index < -0.39 is 28.3 Å². The third kappa shape index (κ3) is 3.23. The van der Waals surface area contributed by atoms with Crippen molar-refractivity contribution in [3.63, 3.8) is 0 Å². The standard InChI is InChI=1S/C12H11F3N2O4/c13-12(14,15)9-4-8(1-2-10(9)17(20)21)16-5-7(6-16)3-11(18)19/h1-2,4,7H,3,5-6H2,(H,18,19). The van der Waals surface area contributed by atoms with E-state index in [9.17, 15) is 28.1 Å². The van der Waals surface area contributed by atoms with Gasteiger partial charge in [0, 0.05) is 30.8 Å². The topological polar surface area (TPSA) is 83.7 Å². The summed E-state index contributed by atoms with van der Waals surface area (Å²) in [7, 11) is 0. The molecule has 0 spiro atoms. The lowest BCUT2D eigenvalue weighted by Crippen LogP contribution is -2.47. The SMILES string of the molecule is O=C(O)CC1CN(c2ccc([N+](=O)[O-])c(C(F)(F)F)c2)C1. The van der Waals surface area contributed by atoms with Crippen LogP contribution in [0.25, 0.3) is 0 Å². The minimum Gasteiger partial charge on any atom is -0.481 e. The summed E-state index contributed by atoms with van der Waals surface area (Å²) in [5, 5.41) is 19.2. The van der Waals surface area contributed by atoms with Crippen LogP contribution in [0.3, 0.4) is 0 Å². The van der Waals surface area contributed by atoms with Crippen molar-refractivity contribution < 1.29 is 28.0 Å². The first kappa shape index (κ1) is 15.1. The maximum atomic E-state index is 12.8. The lowest BCUT2D eigenvalue weighted by molar-refractivity contribution is -0.388. The number of rotatable bonds is 4. The Morgan fingerprint density at radius 2 is 2.05 bits per heavy atom. The first-order chi connectivity index (χ1) is 9.68. The minimum atomic E-state index is -4.82. The Labute approximate surface area is 116 Å². The molecule has 114 valence electrons. The van der Waals surface area contributed by atoms with E-state index >= 15 is 0 Å². The number of benzene rings is 1. The third-order valence-electron chi connectivity index (χ3n) is 3.27. The van der Waals surface area contributed by atoms with Crippen molar-refractivity contribution in [2.75, 3.05) is 18.0 Å². The fraction of sp³-hybridized carbons (Fsp3) is 0.417. The Balaban J connectivity index is 2.20. The molecule has 1 aliphatic rings. The lowest BCUT2D eigenvalue weighted by Gasteiger charge is -2.40. The highest BCUT2D eigenvalue weighted by molar-refractivity contribution is 5.68. The number of anilines is 1. The van der Waals surface area contributed by atoms with E-state index in [1.54, 1.807) is 4.90 Å². The lowest BCUT2D eigenvalue weighted by atomic mass is 9.95. The summed E-state index contributed by atoms with van der Waals surface area (Å²) in [5.41, 5.74) is -2.09. The molecular formula is C12H11F3N2O4. The van der Waals surface area contributed by atoms with Crippen LogP contribution in [0.2, 0.25) is 0 Å². The Hall–Kier alpha value is -2.32. The quantitative estimate of drug-likeness (QED) is 0.682. The Kier molecular flexibility index (Phi) is 3.75. The second-order valence-corrected chi connectivity index (χ2v) is 4.83. The van der Waals surface area contributed by atoms with Crippen LogP contribution in [-0.4, -0.2) is 29.1 Å². The average Bonchev–Trinajstić information content (AvgIpc) is 2.31. The molecule has 9 heteroatoms. The molecule has 1 aromatic carbocycles. The number of nitro groups is 1. The number of aliphatic carboxylic acids is 1. The van der Waals surface area contributed by atoms with Crippen LogP contribution in [0.5, 0.6) is 0 Å². The largest absolute Gasteiger partial charge is 0.481 e. The number of carbonyl (C=O) groups is 1. The van der Waals surface area contributed by atoms with E-state index in [0.717, 1.165) is 12.1 Å². The van der Waals surface area contributed by atoms with E-state index in [1.807, 2.05) is 0 Å². The maximum Gasteiger partial charge on any atom is 0.423 e. The van der Waals surface area contributed by atoms with Gasteiger partial charge in [-0.2, -0.15) is 13.2 Å². The molecule has 0 radical (unpaired) electrons. The smallest absolute Gasteiger partial charge is 0.423 e. The van der Waals surface area contributed by atoms with Gasteiger partial charge in [-0.25, -0.2) is 0 Å². The monoisotopic (exact) mass is 304 g/mol. The summed E-state index contributed by atoms with van der Waals surface area (Å²) >= 11 is 0. The van der Waals surface area contributed by atoms with Gasteiger partial charge in [-0.15, -0.1) is 0 Å². The number of halogens is 3. The van der Waals surface area contributed by atoms with Crippen LogP contribution in [0.1, 0.15) is 12.0 Å². The van der Waals surface area contributed by atoms with Crippen LogP contribution in [0, 0.1) is 16.0 Å². The molecule has 0 aromatic heterocycles. The molecule has 0 bridgehead atoms. The van der Waals surface area contributed by atoms with Crippen molar-refractivity contribution in [1.29, 1.82) is 0 Å². The number of carboxylic acids is 1. The molecule has 0 saturated carbocycles. The van der Waals surface area contributed by atoms with Gasteiger partial charge in [0.05, 0.1) is 11.3 Å². The third-order valence-corrected chi connectivity index (χ3v) is 3.27. The van der Waals surface area contributed by atoms with E-state index in [0.29, 0.717) is 13.1 Å². The molecule has 1 aliphatic heterocycles. The summed E-state index contributed by atoms with van der Waals surface area (Å²) in [6, 6.07) is 2.79. The van der Waals surface area contributed by atoms with E-state index in [4.69, 9.17) is 5.11 Å². The highest BCUT2D eigenvalue weighted by Crippen LogP contribution is 2.39. The van der Waals surface area contributed by atoms with E-state index in [2.05, 4.69) is 0 Å². The van der Waals surface area contributed by atoms with Gasteiger partial charge >= 0.3 is 12.1 Å². The summed E-state index contributed by atoms with van der Waals surface area (Å²) in [4.78, 5) is 21.6. The number of alkyl halides is 3. The van der Waals surface area contributed by atoms with Gasteiger partial charge < -0.3 is 10.0 Å². The average molecular weight is 304 g/mol. The molecule has 0 unspecified atom stereocenters. The van der Waals surface area contributed by atoms with Crippen LogP contribution >= 0.6 is 0 Å². The summed E-state index contributed by atoms with van der Waals surface area (Å²) in [6.45, 7) is 0.642. The van der Waals surface area contributed by atoms with Gasteiger partial charge in [0.1, 0.15) is 5.56 Å². The fourth-order valence-corrected chi connectivity index (χ4v) is 2.26. The summed E-state index contributed by atoms with van der Waals surface area (Å²) in [5.74, 6) is -1.08. The van der Waals surface area contributed by atoms with E-state index in [1.165, 1.54) is 6.07 Å². The van der Waals surface area contributed by atoms with Crippen molar-refractivity contribution in [3.8, 4) is 0 Å². The highest BCUT2D eigenvalue weighted by atomic mass is 19.4. The Bertz CT molecular complexity index is 582. The normalized spacial score (nSPS) is 15.7. The van der Waals surface area contributed by atoms with Gasteiger partial charge in [-0.3, -0.25) is 14.9 Å². The molecule has 1 heterocycles. The van der Waals surface area contributed by atoms with Gasteiger partial charge in [0.2, 0.25) is 0 Å². The van der Waals surface area contributed by atoms with Crippen LogP contribution < -0.4 is 4.90 Å². The van der Waals surface area contributed by atoms with E-state index in [-0.39, 0.29) is 18.0 Å². The molecule has 21 heavy (non-hydrogen) atoms. The molecular weight excluding hydrogens is 293 g/mol. The Morgan fingerprint density at radius 1 is 1.43 bits per heavy atom. The van der Waals surface area contributed by atoms with Crippen molar-refractivity contribution in [2.24, 2.45) is 5.92 Å². The molecule has 1 saturated heterocycles. The van der Waals surface area contributed by atoms with Crippen LogP contribution in [-0.2, 0) is 11.0 Å². The molecule has 0 amide bonds. The Morgan fingerprint density at radius 3 is 2.52 bits per heavy atom. The molecule has 2 rings (SSSR count). The zero-order chi connectivity index (χ0) is 15.8. The highest BCUT2D eigenvalue weighted by Gasteiger charge is 2.39. The number of hydrogen-bond donors (Lipinski definition) is 1. The predicted octanol–water partition coefficient (Wildman–Crippen LogP) is 2.52. The van der Waals surface area contributed by atoms with Gasteiger partial charge in [0.25, 0.3) is 5.69 Å². The molecule has 1 aromatic rings. The molecule has 0 atom stereocenters. The number of nitrogens with zero attached hydrogens (tertiary/aromatic N) is 2. The van der Waals surface area contributed by atoms with Gasteiger partial charge in [-0.1, -0.05) is 0 Å². The summed E-state index contributed by atoms with van der Waals surface area (Å²) in [6.07, 6.45) is -4.86. The maximum absolute atomic E-state index is 12.8. The predicted molar refractivity (Wildman–Crippen MR) is 66.1 cm³/mol. The molecule has 0 aliphatic carbocycles. The first-order valence-electron chi connectivity index (χ1n) is 6.01. The van der Waals surface area contributed by atoms with Crippen molar-refractivity contribution in [2.45, 2.75) is 12.6 Å². The summed E-state index contributed by atoms with van der Waals surface area (Å²) < 4.78 is 38.5. The molecule has 1 N–H and O–H groups in total. The zero-order valence-corrected chi connectivity index (χ0v) is 10.6. The van der Waals surface area contributed by atoms with Crippen LogP contribution in [0.4, 0.5) is 24.5 Å². The van der Waals surface area contributed by atoms with Crippen molar-refractivity contribution in [1.82, 2.24) is 0 Å². The van der Waals surface area contributed by atoms with Gasteiger partial charge in [0.15, 0.2) is 0 Å². The first-order valence-corrected chi connectivity index (χ1v) is 6.01. The van der Waals surface area contributed by atoms with Crippen molar-refractivity contribution in [3.05, 3.63) is 33.9 Å². The number of hydrogen-bond acceptors (Lipinski definition) is 4. The van der Waals surface area contributed by atoms with Crippen molar-refractivity contribution >= 4 is 17.3 Å².